The van der Waals surface area contributed by atoms with E-state index in [2.05, 4.69) is 10.4 Å². The Morgan fingerprint density at radius 1 is 1.00 bits per heavy atom. The zero-order valence-corrected chi connectivity index (χ0v) is 17.2. The first-order valence-electron chi connectivity index (χ1n) is 10.2. The number of carboxylic acid groups (broad SMARTS) is 1. The summed E-state index contributed by atoms with van der Waals surface area (Å²) in [6.45, 7) is 0.107. The van der Waals surface area contributed by atoms with Gasteiger partial charge in [-0.3, -0.25) is 5.32 Å². The molecule has 5 rings (SSSR count). The lowest BCUT2D eigenvalue weighted by molar-refractivity contribution is 0.0690. The van der Waals surface area contributed by atoms with Crippen LogP contribution in [0.3, 0.4) is 0 Å². The number of nitrogens with zero attached hydrogens (tertiary/aromatic N) is 2. The van der Waals surface area contributed by atoms with Crippen LogP contribution < -0.4 is 5.32 Å². The summed E-state index contributed by atoms with van der Waals surface area (Å²) in [7, 11) is 0. The molecule has 1 aliphatic rings. The molecule has 0 saturated heterocycles. The molecule has 0 unspecified atom stereocenters. The van der Waals surface area contributed by atoms with E-state index in [1.54, 1.807) is 0 Å². The minimum Gasteiger partial charge on any atom is -0.476 e. The molecule has 1 heterocycles. The Bertz CT molecular complexity index is 1340. The van der Waals surface area contributed by atoms with Crippen LogP contribution in [0.25, 0.3) is 16.8 Å². The number of benzene rings is 3. The van der Waals surface area contributed by atoms with Crippen LogP contribution in [-0.2, 0) is 4.74 Å². The maximum Gasteiger partial charge on any atom is 0.411 e. The molecular weight excluding hydrogens is 425 g/mol. The van der Waals surface area contributed by atoms with Crippen molar-refractivity contribution in [3.05, 3.63) is 102 Å². The van der Waals surface area contributed by atoms with Crippen molar-refractivity contribution in [1.82, 2.24) is 9.78 Å². The number of hydrogen-bond acceptors (Lipinski definition) is 4. The van der Waals surface area contributed by atoms with Crippen LogP contribution in [0.1, 0.15) is 27.5 Å². The lowest BCUT2D eigenvalue weighted by atomic mass is 9.98. The largest absolute Gasteiger partial charge is 0.476 e. The topological polar surface area (TPSA) is 93.5 Å². The maximum atomic E-state index is 13.9. The third kappa shape index (κ3) is 3.82. The molecule has 4 aromatic rings. The fraction of sp³-hybridized carbons (Fsp3) is 0.0800. The number of hydrogen-bond donors (Lipinski definition) is 2. The molecule has 0 atom stereocenters. The molecule has 0 fully saturated rings. The van der Waals surface area contributed by atoms with Gasteiger partial charge < -0.3 is 9.84 Å². The summed E-state index contributed by atoms with van der Waals surface area (Å²) in [5.74, 6) is -1.88. The summed E-state index contributed by atoms with van der Waals surface area (Å²) in [5.41, 5.74) is 4.62. The molecule has 1 aliphatic carbocycles. The summed E-state index contributed by atoms with van der Waals surface area (Å²) in [5, 5.41) is 15.6. The second-order valence-electron chi connectivity index (χ2n) is 7.56. The summed E-state index contributed by atoms with van der Waals surface area (Å²) in [6.07, 6.45) is 0.661. The van der Waals surface area contributed by atoms with Gasteiger partial charge in [-0.15, -0.1) is 0 Å². The van der Waals surface area contributed by atoms with Crippen molar-refractivity contribution in [3.63, 3.8) is 0 Å². The number of aromatic carboxylic acids is 1. The van der Waals surface area contributed by atoms with E-state index in [0.717, 1.165) is 28.3 Å². The van der Waals surface area contributed by atoms with E-state index in [4.69, 9.17) is 9.84 Å². The SMILES string of the molecule is O=C(Nc1cc(F)ccc1-n1ccc(C(=O)O)n1)OCC1c2ccccc2-c2ccccc21. The second kappa shape index (κ2) is 8.23. The summed E-state index contributed by atoms with van der Waals surface area (Å²) in [6, 6.07) is 21.0. The minimum atomic E-state index is -1.19. The van der Waals surface area contributed by atoms with Gasteiger partial charge in [-0.2, -0.15) is 5.10 Å². The van der Waals surface area contributed by atoms with Crippen molar-refractivity contribution in [3.8, 4) is 16.8 Å². The molecule has 1 amide bonds. The van der Waals surface area contributed by atoms with Gasteiger partial charge in [0.15, 0.2) is 5.69 Å². The smallest absolute Gasteiger partial charge is 0.411 e. The van der Waals surface area contributed by atoms with E-state index in [-0.39, 0.29) is 23.9 Å². The predicted molar refractivity (Wildman–Crippen MR) is 119 cm³/mol. The highest BCUT2D eigenvalue weighted by atomic mass is 19.1. The van der Waals surface area contributed by atoms with Gasteiger partial charge in [-0.1, -0.05) is 48.5 Å². The van der Waals surface area contributed by atoms with Gasteiger partial charge >= 0.3 is 12.1 Å². The zero-order valence-electron chi connectivity index (χ0n) is 17.2. The van der Waals surface area contributed by atoms with Gasteiger partial charge in [-0.25, -0.2) is 18.7 Å². The Kier molecular flexibility index (Phi) is 5.10. The summed E-state index contributed by atoms with van der Waals surface area (Å²) in [4.78, 5) is 23.7. The number of anilines is 1. The average Bonchev–Trinajstić information content (AvgIpc) is 3.42. The fourth-order valence-electron chi connectivity index (χ4n) is 4.12. The first-order valence-corrected chi connectivity index (χ1v) is 10.2. The summed E-state index contributed by atoms with van der Waals surface area (Å²) < 4.78 is 20.7. The van der Waals surface area contributed by atoms with Gasteiger partial charge in [0.2, 0.25) is 0 Å². The zero-order chi connectivity index (χ0) is 22.9. The third-order valence-corrected chi connectivity index (χ3v) is 5.59. The van der Waals surface area contributed by atoms with Crippen LogP contribution in [0.5, 0.6) is 0 Å². The molecule has 0 aliphatic heterocycles. The number of amides is 1. The van der Waals surface area contributed by atoms with Gasteiger partial charge in [0.05, 0.1) is 11.4 Å². The lowest BCUT2D eigenvalue weighted by Gasteiger charge is -2.16. The highest BCUT2D eigenvalue weighted by Gasteiger charge is 2.29. The number of nitrogens with one attached hydrogen (secondary N) is 1. The number of carboxylic acids is 1. The van der Waals surface area contributed by atoms with Crippen LogP contribution >= 0.6 is 0 Å². The number of ether oxygens (including phenoxy) is 1. The quantitative estimate of drug-likeness (QED) is 0.449. The molecule has 1 aromatic heterocycles. The molecule has 0 bridgehead atoms. The highest BCUT2D eigenvalue weighted by Crippen LogP contribution is 2.44. The Hall–Kier alpha value is -4.46. The molecule has 2 N–H and O–H groups in total. The van der Waals surface area contributed by atoms with E-state index in [1.807, 2.05) is 48.5 Å². The Balaban J connectivity index is 1.35. The van der Waals surface area contributed by atoms with Crippen molar-refractivity contribution in [2.75, 3.05) is 11.9 Å². The van der Waals surface area contributed by atoms with E-state index in [1.165, 1.54) is 29.1 Å². The standard InChI is InChI=1S/C25H18FN3O4/c26-15-9-10-23(29-12-11-21(28-29)24(30)31)22(13-15)27-25(32)33-14-20-18-7-3-1-5-16(18)17-6-2-4-8-19(17)20/h1-13,20H,14H2,(H,27,32)(H,30,31). The molecule has 164 valence electrons. The van der Waals surface area contributed by atoms with Crippen LogP contribution in [0.4, 0.5) is 14.9 Å². The predicted octanol–water partition coefficient (Wildman–Crippen LogP) is 5.07. The monoisotopic (exact) mass is 443 g/mol. The van der Waals surface area contributed by atoms with Gasteiger partial charge in [0, 0.05) is 12.1 Å². The Morgan fingerprint density at radius 3 is 2.30 bits per heavy atom. The minimum absolute atomic E-state index is 0.104. The van der Waals surface area contributed by atoms with Crippen molar-refractivity contribution in [1.29, 1.82) is 0 Å². The molecule has 0 spiro atoms. The van der Waals surface area contributed by atoms with Crippen LogP contribution in [0, 0.1) is 5.82 Å². The Labute approximate surface area is 188 Å². The number of fused-ring (bicyclic) bond motifs is 3. The molecule has 8 heteroatoms. The van der Waals surface area contributed by atoms with Gasteiger partial charge in [0.25, 0.3) is 0 Å². The van der Waals surface area contributed by atoms with Gasteiger partial charge in [-0.05, 0) is 46.5 Å². The van der Waals surface area contributed by atoms with E-state index >= 15 is 0 Å². The van der Waals surface area contributed by atoms with Crippen LogP contribution in [0.2, 0.25) is 0 Å². The number of halogens is 1. The molecule has 3 aromatic carbocycles. The first kappa shape index (κ1) is 20.4. The number of rotatable bonds is 5. The molecule has 33 heavy (non-hydrogen) atoms. The summed E-state index contributed by atoms with van der Waals surface area (Å²) >= 11 is 0. The van der Waals surface area contributed by atoms with E-state index in [9.17, 15) is 14.0 Å². The lowest BCUT2D eigenvalue weighted by Crippen LogP contribution is -2.19. The molecule has 7 nitrogen and oxygen atoms in total. The first-order chi connectivity index (χ1) is 16.0. The number of aromatic nitrogens is 2. The highest BCUT2D eigenvalue weighted by molar-refractivity contribution is 5.88. The van der Waals surface area contributed by atoms with Crippen molar-refractivity contribution >= 4 is 17.7 Å². The van der Waals surface area contributed by atoms with E-state index < -0.39 is 17.9 Å². The average molecular weight is 443 g/mol. The van der Waals surface area contributed by atoms with Crippen molar-refractivity contribution in [2.24, 2.45) is 0 Å². The maximum absolute atomic E-state index is 13.9. The molecular formula is C25H18FN3O4. The molecule has 0 saturated carbocycles. The number of carbonyl (C=O) groups excluding carboxylic acids is 1. The second-order valence-corrected chi connectivity index (χ2v) is 7.56. The van der Waals surface area contributed by atoms with Crippen LogP contribution in [0.15, 0.2) is 79.0 Å². The Morgan fingerprint density at radius 2 is 1.67 bits per heavy atom. The molecule has 0 radical (unpaired) electrons. The fourth-order valence-corrected chi connectivity index (χ4v) is 4.12. The van der Waals surface area contributed by atoms with Crippen molar-refractivity contribution < 1.29 is 23.8 Å². The number of carbonyl (C=O) groups is 2. The van der Waals surface area contributed by atoms with Crippen molar-refractivity contribution in [2.45, 2.75) is 5.92 Å². The van der Waals surface area contributed by atoms with Crippen LogP contribution in [-0.4, -0.2) is 33.6 Å². The third-order valence-electron chi connectivity index (χ3n) is 5.59. The normalized spacial score (nSPS) is 12.2. The van der Waals surface area contributed by atoms with E-state index in [0.29, 0.717) is 5.69 Å². The van der Waals surface area contributed by atoms with Gasteiger partial charge in [0.1, 0.15) is 12.4 Å².